The molecule has 0 saturated carbocycles. The van der Waals surface area contributed by atoms with Crippen LogP contribution < -0.4 is 0 Å². The Kier molecular flexibility index (Phi) is 3.05. The summed E-state index contributed by atoms with van der Waals surface area (Å²) in [5.41, 5.74) is 0. The number of halogens is 1. The van der Waals surface area contributed by atoms with E-state index in [1.807, 2.05) is 0 Å². The van der Waals surface area contributed by atoms with Crippen molar-refractivity contribution in [3.05, 3.63) is 22.5 Å². The van der Waals surface area contributed by atoms with Crippen molar-refractivity contribution >= 4 is 5.95 Å². The van der Waals surface area contributed by atoms with E-state index in [-0.39, 0.29) is 0 Å². The summed E-state index contributed by atoms with van der Waals surface area (Å²) in [6, 6.07) is 0. The molecule has 1 unspecified atom stereocenters. The van der Waals surface area contributed by atoms with Gasteiger partial charge in [0, 0.05) is 0 Å². The highest BCUT2D eigenvalue weighted by molar-refractivity contribution is 5.09. The normalized spacial score (nSPS) is 32.9. The van der Waals surface area contributed by atoms with Gasteiger partial charge in [0.2, 0.25) is 6.23 Å². The molecule has 1 aromatic rings. The molecule has 2 N–H and O–H groups in total. The lowest BCUT2D eigenvalue weighted by molar-refractivity contribution is -0.398. The summed E-state index contributed by atoms with van der Waals surface area (Å²) >= 11 is 0. The second-order valence-electron chi connectivity index (χ2n) is 3.59. The van der Waals surface area contributed by atoms with Crippen LogP contribution in [0.2, 0.25) is 0 Å². The van der Waals surface area contributed by atoms with E-state index in [1.54, 1.807) is 0 Å². The first-order chi connectivity index (χ1) is 8.06. The number of ether oxygens (including phenoxy) is 1. The first kappa shape index (κ1) is 11.9. The Balaban J connectivity index is 2.29. The molecule has 0 aromatic carbocycles. The summed E-state index contributed by atoms with van der Waals surface area (Å²) < 4.78 is 18.4. The fourth-order valence-electron chi connectivity index (χ4n) is 1.73. The largest absolute Gasteiger partial charge is 0.436 e. The molecule has 4 atom stereocenters. The second kappa shape index (κ2) is 4.35. The zero-order valence-corrected chi connectivity index (χ0v) is 8.51. The first-order valence-electron chi connectivity index (χ1n) is 4.81. The van der Waals surface area contributed by atoms with Crippen molar-refractivity contribution in [2.24, 2.45) is 0 Å². The van der Waals surface area contributed by atoms with Crippen molar-refractivity contribution in [2.75, 3.05) is 6.67 Å². The number of aromatic nitrogens is 2. The van der Waals surface area contributed by atoms with Crippen LogP contribution in [-0.4, -0.2) is 49.7 Å². The van der Waals surface area contributed by atoms with E-state index in [0.717, 1.165) is 10.8 Å². The lowest BCUT2D eigenvalue weighted by Gasteiger charge is -2.13. The molecule has 0 radical (unpaired) electrons. The van der Waals surface area contributed by atoms with Crippen LogP contribution in [0.5, 0.6) is 0 Å². The number of hydrogen-bond donors (Lipinski definition) is 2. The van der Waals surface area contributed by atoms with Crippen LogP contribution in [0.1, 0.15) is 6.23 Å². The third-order valence-electron chi connectivity index (χ3n) is 2.57. The molecule has 0 spiro atoms. The van der Waals surface area contributed by atoms with Gasteiger partial charge in [0.1, 0.15) is 37.4 Å². The summed E-state index contributed by atoms with van der Waals surface area (Å²) in [6.07, 6.45) is -2.90. The van der Waals surface area contributed by atoms with Gasteiger partial charge < -0.3 is 25.1 Å². The van der Waals surface area contributed by atoms with Crippen LogP contribution >= 0.6 is 0 Å². The molecule has 2 heterocycles. The van der Waals surface area contributed by atoms with Crippen molar-refractivity contribution in [1.29, 1.82) is 0 Å². The zero-order valence-electron chi connectivity index (χ0n) is 8.51. The molecule has 17 heavy (non-hydrogen) atoms. The van der Waals surface area contributed by atoms with Crippen LogP contribution in [0.15, 0.2) is 12.4 Å². The molecule has 1 aliphatic heterocycles. The molecule has 1 saturated heterocycles. The van der Waals surface area contributed by atoms with E-state index < -0.39 is 42.1 Å². The quantitative estimate of drug-likeness (QED) is 0.544. The highest BCUT2D eigenvalue weighted by Crippen LogP contribution is 2.31. The van der Waals surface area contributed by atoms with Gasteiger partial charge in [-0.05, 0) is 4.92 Å². The van der Waals surface area contributed by atoms with Crippen LogP contribution in [0.3, 0.4) is 0 Å². The minimum Gasteiger partial charge on any atom is -0.390 e. The van der Waals surface area contributed by atoms with Crippen LogP contribution in [0, 0.1) is 10.1 Å². The number of rotatable bonds is 3. The molecule has 0 aliphatic carbocycles. The average molecular weight is 247 g/mol. The maximum Gasteiger partial charge on any atom is 0.436 e. The van der Waals surface area contributed by atoms with E-state index >= 15 is 0 Å². The molecule has 0 bridgehead atoms. The lowest BCUT2D eigenvalue weighted by Crippen LogP contribution is -2.32. The van der Waals surface area contributed by atoms with Crippen LogP contribution in [-0.2, 0) is 4.74 Å². The molecular weight excluding hydrogens is 237 g/mol. The van der Waals surface area contributed by atoms with E-state index in [0.29, 0.717) is 0 Å². The van der Waals surface area contributed by atoms with E-state index in [9.17, 15) is 24.7 Å². The maximum absolute atomic E-state index is 12.4. The van der Waals surface area contributed by atoms with Gasteiger partial charge in [-0.2, -0.15) is 4.57 Å². The number of aliphatic hydroxyl groups is 2. The van der Waals surface area contributed by atoms with Crippen molar-refractivity contribution in [3.8, 4) is 0 Å². The average Bonchev–Trinajstić information content (AvgIpc) is 2.86. The molecule has 9 heteroatoms. The molecule has 94 valence electrons. The number of aliphatic hydroxyl groups excluding tert-OH is 2. The molecule has 0 amide bonds. The van der Waals surface area contributed by atoms with Gasteiger partial charge in [-0.25, -0.2) is 4.39 Å². The van der Waals surface area contributed by atoms with Crippen molar-refractivity contribution < 1.29 is 24.3 Å². The number of hydrogen-bond acceptors (Lipinski definition) is 6. The lowest BCUT2D eigenvalue weighted by atomic mass is 10.1. The zero-order chi connectivity index (χ0) is 12.6. The highest BCUT2D eigenvalue weighted by atomic mass is 19.1. The molecular formula is C8H10FN3O5. The Morgan fingerprint density at radius 1 is 1.59 bits per heavy atom. The number of nitro groups is 1. The second-order valence-corrected chi connectivity index (χ2v) is 3.59. The van der Waals surface area contributed by atoms with Gasteiger partial charge >= 0.3 is 5.95 Å². The minimum absolute atomic E-state index is 0.541. The summed E-state index contributed by atoms with van der Waals surface area (Å²) in [5, 5.41) is 29.7. The Hall–Kier alpha value is -1.58. The van der Waals surface area contributed by atoms with Gasteiger partial charge in [0.25, 0.3) is 0 Å². The van der Waals surface area contributed by atoms with Crippen molar-refractivity contribution in [2.45, 2.75) is 24.5 Å². The van der Waals surface area contributed by atoms with E-state index in [2.05, 4.69) is 4.98 Å². The van der Waals surface area contributed by atoms with Gasteiger partial charge in [-0.1, -0.05) is 4.98 Å². The Morgan fingerprint density at radius 2 is 2.29 bits per heavy atom. The molecule has 2 rings (SSSR count). The van der Waals surface area contributed by atoms with E-state index in [4.69, 9.17) is 4.74 Å². The van der Waals surface area contributed by atoms with Gasteiger partial charge in [-0.3, -0.25) is 0 Å². The van der Waals surface area contributed by atoms with Crippen LogP contribution in [0.4, 0.5) is 10.3 Å². The van der Waals surface area contributed by atoms with Gasteiger partial charge in [0.05, 0.1) is 0 Å². The molecule has 1 fully saturated rings. The molecule has 1 aromatic heterocycles. The molecule has 8 nitrogen and oxygen atoms in total. The summed E-state index contributed by atoms with van der Waals surface area (Å²) in [6.45, 7) is -0.989. The predicted octanol–water partition coefficient (Wildman–Crippen LogP) is -0.620. The standard InChI is InChI=1S/C8H10FN3O5/c9-3-4-5(13)6(14)7(17-4)11-2-1-10-8(11)12(15)16/h1-2,4-7,13-14H,3H2/t4-,5-,6+,7?/m1/s1. The van der Waals surface area contributed by atoms with Crippen molar-refractivity contribution in [1.82, 2.24) is 9.55 Å². The third-order valence-corrected chi connectivity index (χ3v) is 2.57. The number of imidazole rings is 1. The summed E-state index contributed by atoms with van der Waals surface area (Å²) in [4.78, 5) is 13.3. The Morgan fingerprint density at radius 3 is 2.82 bits per heavy atom. The van der Waals surface area contributed by atoms with Crippen molar-refractivity contribution in [3.63, 3.8) is 0 Å². The Bertz CT molecular complexity index is 425. The van der Waals surface area contributed by atoms with Gasteiger partial charge in [-0.15, -0.1) is 0 Å². The molecule has 1 aliphatic rings. The predicted molar refractivity (Wildman–Crippen MR) is 50.8 cm³/mol. The minimum atomic E-state index is -1.44. The smallest absolute Gasteiger partial charge is 0.390 e. The number of alkyl halides is 1. The SMILES string of the molecule is O=[N+]([O-])c1nccn1C1O[C@H](CF)[C@@H](O)[C@@H]1O. The summed E-state index contributed by atoms with van der Waals surface area (Å²) in [5.74, 6) is -0.541. The fraction of sp³-hybridized carbons (Fsp3) is 0.625. The first-order valence-corrected chi connectivity index (χ1v) is 4.81. The fourth-order valence-corrected chi connectivity index (χ4v) is 1.73. The topological polar surface area (TPSA) is 111 Å². The monoisotopic (exact) mass is 247 g/mol. The van der Waals surface area contributed by atoms with E-state index in [1.165, 1.54) is 6.20 Å². The number of nitrogens with zero attached hydrogens (tertiary/aromatic N) is 3. The Labute approximate surface area is 94.4 Å². The van der Waals surface area contributed by atoms with Crippen LogP contribution in [0.25, 0.3) is 0 Å². The highest BCUT2D eigenvalue weighted by Gasteiger charge is 2.46. The maximum atomic E-state index is 12.4. The summed E-state index contributed by atoms with van der Waals surface area (Å²) in [7, 11) is 0. The third kappa shape index (κ3) is 1.88. The van der Waals surface area contributed by atoms with Gasteiger partial charge in [0.15, 0.2) is 0 Å².